The van der Waals surface area contributed by atoms with Crippen LogP contribution in [0.1, 0.15) is 25.0 Å². The minimum atomic E-state index is -0.0222. The highest BCUT2D eigenvalue weighted by Crippen LogP contribution is 2.48. The van der Waals surface area contributed by atoms with Crippen molar-refractivity contribution in [2.45, 2.75) is 19.3 Å². The molecule has 108 valence electrons. The third-order valence-electron chi connectivity index (χ3n) is 4.76. The first-order chi connectivity index (χ1) is 10.6. The zero-order valence-electron chi connectivity index (χ0n) is 12.7. The molecule has 0 unspecified atom stereocenters. The van der Waals surface area contributed by atoms with Gasteiger partial charge in [0.25, 0.3) is 0 Å². The second-order valence-electron chi connectivity index (χ2n) is 6.41. The van der Waals surface area contributed by atoms with Gasteiger partial charge in [-0.2, -0.15) is 0 Å². The lowest BCUT2D eigenvalue weighted by molar-refractivity contribution is 0.646. The van der Waals surface area contributed by atoms with Crippen LogP contribution in [0.4, 0.5) is 0 Å². The molecular formula is C21H17Br. The summed E-state index contributed by atoms with van der Waals surface area (Å²) in [6.07, 6.45) is 0. The fourth-order valence-electron chi connectivity index (χ4n) is 3.65. The Labute approximate surface area is 140 Å². The maximum Gasteiger partial charge on any atom is 0.0181 e. The van der Waals surface area contributed by atoms with E-state index in [1.54, 1.807) is 0 Å². The summed E-state index contributed by atoms with van der Waals surface area (Å²) >= 11 is 3.64. The molecule has 0 spiro atoms. The van der Waals surface area contributed by atoms with Crippen LogP contribution in [0.15, 0.2) is 71.2 Å². The highest BCUT2D eigenvalue weighted by molar-refractivity contribution is 9.10. The molecule has 0 aliphatic heterocycles. The van der Waals surface area contributed by atoms with Crippen molar-refractivity contribution in [2.75, 3.05) is 0 Å². The minimum Gasteiger partial charge on any atom is -0.0619 e. The molecule has 4 rings (SSSR count). The molecule has 0 bridgehead atoms. The molecule has 3 aromatic carbocycles. The van der Waals surface area contributed by atoms with Crippen LogP contribution in [0, 0.1) is 0 Å². The van der Waals surface area contributed by atoms with Crippen molar-refractivity contribution in [1.82, 2.24) is 0 Å². The standard InChI is InChI=1S/C21H17Br/c1-21(2)19-10-6-5-9-17(19)15-7-3-4-8-16(15)18-13-14(22)11-12-20(18)21/h3-13H,1-2H3. The molecule has 1 heteroatoms. The molecule has 0 atom stereocenters. The van der Waals surface area contributed by atoms with E-state index in [1.165, 1.54) is 33.4 Å². The van der Waals surface area contributed by atoms with E-state index in [0.29, 0.717) is 0 Å². The molecule has 0 fully saturated rings. The Hall–Kier alpha value is -1.86. The van der Waals surface area contributed by atoms with Crippen molar-refractivity contribution in [2.24, 2.45) is 0 Å². The lowest BCUT2D eigenvalue weighted by Gasteiger charge is -2.28. The maximum atomic E-state index is 3.64. The number of benzene rings is 3. The Morgan fingerprint density at radius 2 is 1.18 bits per heavy atom. The van der Waals surface area contributed by atoms with Crippen molar-refractivity contribution in [3.63, 3.8) is 0 Å². The van der Waals surface area contributed by atoms with Gasteiger partial charge in [0.05, 0.1) is 0 Å². The normalized spacial score (nSPS) is 14.5. The number of rotatable bonds is 0. The van der Waals surface area contributed by atoms with Crippen LogP contribution in [-0.4, -0.2) is 0 Å². The Morgan fingerprint density at radius 3 is 1.91 bits per heavy atom. The zero-order valence-corrected chi connectivity index (χ0v) is 14.3. The van der Waals surface area contributed by atoms with E-state index in [0.717, 1.165) is 4.47 Å². The fraction of sp³-hybridized carbons (Fsp3) is 0.143. The molecule has 1 aliphatic carbocycles. The van der Waals surface area contributed by atoms with E-state index in [9.17, 15) is 0 Å². The van der Waals surface area contributed by atoms with Gasteiger partial charge in [0, 0.05) is 9.89 Å². The van der Waals surface area contributed by atoms with Crippen LogP contribution in [0.25, 0.3) is 22.3 Å². The number of fused-ring (bicyclic) bond motifs is 5. The highest BCUT2D eigenvalue weighted by atomic mass is 79.9. The van der Waals surface area contributed by atoms with Gasteiger partial charge in [-0.1, -0.05) is 84.4 Å². The summed E-state index contributed by atoms with van der Waals surface area (Å²) in [7, 11) is 0. The molecule has 0 nitrogen and oxygen atoms in total. The Balaban J connectivity index is 2.21. The smallest absolute Gasteiger partial charge is 0.0181 e. The van der Waals surface area contributed by atoms with Gasteiger partial charge in [0.15, 0.2) is 0 Å². The van der Waals surface area contributed by atoms with Gasteiger partial charge in [-0.05, 0) is 45.5 Å². The molecule has 0 aromatic heterocycles. The lowest BCUT2D eigenvalue weighted by atomic mass is 9.75. The summed E-state index contributed by atoms with van der Waals surface area (Å²) in [6.45, 7) is 4.65. The van der Waals surface area contributed by atoms with E-state index in [4.69, 9.17) is 0 Å². The second kappa shape index (κ2) is 4.82. The van der Waals surface area contributed by atoms with Crippen molar-refractivity contribution in [3.05, 3.63) is 82.3 Å². The van der Waals surface area contributed by atoms with Crippen LogP contribution in [0.3, 0.4) is 0 Å². The third-order valence-corrected chi connectivity index (χ3v) is 5.26. The van der Waals surface area contributed by atoms with Gasteiger partial charge in [-0.3, -0.25) is 0 Å². The van der Waals surface area contributed by atoms with Gasteiger partial charge in [0.2, 0.25) is 0 Å². The SMILES string of the molecule is CC1(C)c2ccccc2-c2ccccc2-c2cc(Br)ccc21. The van der Waals surface area contributed by atoms with Crippen molar-refractivity contribution >= 4 is 15.9 Å². The van der Waals surface area contributed by atoms with Crippen molar-refractivity contribution in [1.29, 1.82) is 0 Å². The van der Waals surface area contributed by atoms with Crippen LogP contribution in [-0.2, 0) is 5.41 Å². The topological polar surface area (TPSA) is 0 Å². The van der Waals surface area contributed by atoms with E-state index in [2.05, 4.69) is 96.5 Å². The molecule has 0 radical (unpaired) electrons. The summed E-state index contributed by atoms with van der Waals surface area (Å²) in [4.78, 5) is 0. The van der Waals surface area contributed by atoms with Gasteiger partial charge in [0.1, 0.15) is 0 Å². The largest absolute Gasteiger partial charge is 0.0619 e. The summed E-state index contributed by atoms with van der Waals surface area (Å²) in [5.74, 6) is 0. The fourth-order valence-corrected chi connectivity index (χ4v) is 4.01. The Morgan fingerprint density at radius 1 is 0.636 bits per heavy atom. The molecule has 0 saturated heterocycles. The van der Waals surface area contributed by atoms with Gasteiger partial charge < -0.3 is 0 Å². The molecule has 0 saturated carbocycles. The molecule has 0 amide bonds. The molecule has 0 N–H and O–H groups in total. The monoisotopic (exact) mass is 348 g/mol. The maximum absolute atomic E-state index is 3.64. The van der Waals surface area contributed by atoms with Gasteiger partial charge in [-0.15, -0.1) is 0 Å². The van der Waals surface area contributed by atoms with E-state index in [-0.39, 0.29) is 5.41 Å². The summed E-state index contributed by atoms with van der Waals surface area (Å²) in [5.41, 5.74) is 8.06. The lowest BCUT2D eigenvalue weighted by Crippen LogP contribution is -2.19. The molecule has 22 heavy (non-hydrogen) atoms. The van der Waals surface area contributed by atoms with Crippen LogP contribution >= 0.6 is 15.9 Å². The molecule has 0 heterocycles. The summed E-state index contributed by atoms with van der Waals surface area (Å²) < 4.78 is 1.13. The Bertz CT molecular complexity index is 875. The number of hydrogen-bond acceptors (Lipinski definition) is 0. The van der Waals surface area contributed by atoms with Crippen LogP contribution in [0.5, 0.6) is 0 Å². The quantitative estimate of drug-likeness (QED) is 0.439. The van der Waals surface area contributed by atoms with E-state index in [1.807, 2.05) is 0 Å². The van der Waals surface area contributed by atoms with Gasteiger partial charge in [-0.25, -0.2) is 0 Å². The third kappa shape index (κ3) is 1.89. The van der Waals surface area contributed by atoms with Crippen molar-refractivity contribution in [3.8, 4) is 22.3 Å². The summed E-state index contributed by atoms with van der Waals surface area (Å²) in [5, 5.41) is 0. The van der Waals surface area contributed by atoms with E-state index >= 15 is 0 Å². The van der Waals surface area contributed by atoms with Crippen molar-refractivity contribution < 1.29 is 0 Å². The Kier molecular flexibility index (Phi) is 3.02. The average Bonchev–Trinajstić information content (AvgIpc) is 2.61. The van der Waals surface area contributed by atoms with Crippen LogP contribution in [0.2, 0.25) is 0 Å². The number of hydrogen-bond donors (Lipinski definition) is 0. The summed E-state index contributed by atoms with van der Waals surface area (Å²) in [6, 6.07) is 24.2. The molecule has 1 aliphatic rings. The predicted molar refractivity (Wildman–Crippen MR) is 97.1 cm³/mol. The zero-order chi connectivity index (χ0) is 15.3. The predicted octanol–water partition coefficient (Wildman–Crippen LogP) is 6.42. The minimum absolute atomic E-state index is 0.0222. The van der Waals surface area contributed by atoms with Gasteiger partial charge >= 0.3 is 0 Å². The van der Waals surface area contributed by atoms with Crippen LogP contribution < -0.4 is 0 Å². The first-order valence-corrected chi connectivity index (χ1v) is 8.37. The van der Waals surface area contributed by atoms with E-state index < -0.39 is 0 Å². The first kappa shape index (κ1) is 13.8. The molecule has 3 aromatic rings. The second-order valence-corrected chi connectivity index (χ2v) is 7.32. The number of halogens is 1. The first-order valence-electron chi connectivity index (χ1n) is 7.58. The highest BCUT2D eigenvalue weighted by Gasteiger charge is 2.32. The average molecular weight is 349 g/mol. The molecular weight excluding hydrogens is 332 g/mol.